The van der Waals surface area contributed by atoms with Crippen LogP contribution in [0.25, 0.3) is 10.2 Å². The second kappa shape index (κ2) is 6.68. The number of fused-ring (bicyclic) bond motifs is 1. The van der Waals surface area contributed by atoms with Gasteiger partial charge in [-0.05, 0) is 49.4 Å². The molecule has 4 nitrogen and oxygen atoms in total. The van der Waals surface area contributed by atoms with Crippen LogP contribution in [0.5, 0.6) is 5.75 Å². The Balaban J connectivity index is 2.07. The van der Waals surface area contributed by atoms with E-state index in [1.807, 2.05) is 29.7 Å². The van der Waals surface area contributed by atoms with E-state index in [4.69, 9.17) is 4.74 Å². The lowest BCUT2D eigenvalue weighted by atomic mass is 10.2. The van der Waals surface area contributed by atoms with Gasteiger partial charge in [-0.15, -0.1) is 0 Å². The predicted octanol–water partition coefficient (Wildman–Crippen LogP) is 4.23. The molecule has 3 rings (SSSR count). The maximum atomic E-state index is 12.4. The predicted molar refractivity (Wildman–Crippen MR) is 96.1 cm³/mol. The van der Waals surface area contributed by atoms with Crippen LogP contribution in [0.3, 0.4) is 0 Å². The minimum absolute atomic E-state index is 0.250. The summed E-state index contributed by atoms with van der Waals surface area (Å²) in [5, 5.41) is 0. The fourth-order valence-corrected chi connectivity index (χ4v) is 3.97. The van der Waals surface area contributed by atoms with Gasteiger partial charge in [-0.1, -0.05) is 27.3 Å². The monoisotopic (exact) mass is 390 g/mol. The summed E-state index contributed by atoms with van der Waals surface area (Å²) in [5.41, 5.74) is 1.63. The highest BCUT2D eigenvalue weighted by atomic mass is 79.9. The van der Waals surface area contributed by atoms with Crippen LogP contribution in [-0.2, 0) is 6.54 Å². The number of nitrogens with zero attached hydrogens (tertiary/aromatic N) is 2. The Kier molecular flexibility index (Phi) is 4.63. The van der Waals surface area contributed by atoms with Gasteiger partial charge in [0, 0.05) is 16.6 Å². The van der Waals surface area contributed by atoms with Crippen LogP contribution < -0.4 is 9.54 Å². The summed E-state index contributed by atoms with van der Waals surface area (Å²) in [6.07, 6.45) is 0. The summed E-state index contributed by atoms with van der Waals surface area (Å²) >= 11 is 4.99. The Hall–Kier alpha value is -1.92. The summed E-state index contributed by atoms with van der Waals surface area (Å²) in [4.78, 5) is 17.4. The molecule has 0 unspecified atom stereocenters. The minimum Gasteiger partial charge on any atom is -0.497 e. The van der Waals surface area contributed by atoms with Crippen molar-refractivity contribution in [2.24, 2.45) is 4.99 Å². The van der Waals surface area contributed by atoms with Crippen molar-refractivity contribution >= 4 is 43.4 Å². The molecule has 0 aliphatic heterocycles. The zero-order valence-corrected chi connectivity index (χ0v) is 15.1. The van der Waals surface area contributed by atoms with E-state index < -0.39 is 0 Å². The van der Waals surface area contributed by atoms with Crippen molar-refractivity contribution in [2.45, 2.75) is 13.5 Å². The van der Waals surface area contributed by atoms with Crippen molar-refractivity contribution < 1.29 is 9.53 Å². The molecule has 0 fully saturated rings. The molecule has 6 heteroatoms. The van der Waals surface area contributed by atoms with Gasteiger partial charge in [-0.25, -0.2) is 0 Å². The van der Waals surface area contributed by atoms with Gasteiger partial charge in [0.2, 0.25) is 0 Å². The third-order valence-electron chi connectivity index (χ3n) is 3.50. The number of thiazole rings is 1. The van der Waals surface area contributed by atoms with E-state index in [9.17, 15) is 4.79 Å². The Morgan fingerprint density at radius 1 is 1.26 bits per heavy atom. The van der Waals surface area contributed by atoms with Gasteiger partial charge in [-0.2, -0.15) is 4.99 Å². The van der Waals surface area contributed by atoms with Crippen LogP contribution in [0.15, 0.2) is 51.9 Å². The van der Waals surface area contributed by atoms with Crippen molar-refractivity contribution in [3.05, 3.63) is 57.3 Å². The first-order valence-electron chi connectivity index (χ1n) is 7.14. The fourth-order valence-electron chi connectivity index (χ4n) is 2.32. The Bertz CT molecular complexity index is 926. The van der Waals surface area contributed by atoms with Crippen LogP contribution in [0.4, 0.5) is 0 Å². The average Bonchev–Trinajstić information content (AvgIpc) is 2.90. The van der Waals surface area contributed by atoms with E-state index >= 15 is 0 Å². The highest BCUT2D eigenvalue weighted by Crippen LogP contribution is 2.22. The molecule has 1 heterocycles. The topological polar surface area (TPSA) is 43.6 Å². The first kappa shape index (κ1) is 16.0. The molecule has 118 valence electrons. The number of carbonyl (C=O) groups is 1. The average molecular weight is 391 g/mol. The van der Waals surface area contributed by atoms with Crippen molar-refractivity contribution in [3.63, 3.8) is 0 Å². The third-order valence-corrected chi connectivity index (χ3v) is 5.03. The summed E-state index contributed by atoms with van der Waals surface area (Å²) in [5.74, 6) is 0.470. The lowest BCUT2D eigenvalue weighted by Crippen LogP contribution is -2.15. The Morgan fingerprint density at radius 2 is 2.00 bits per heavy atom. The zero-order valence-electron chi connectivity index (χ0n) is 12.7. The van der Waals surface area contributed by atoms with Crippen molar-refractivity contribution in [3.8, 4) is 5.75 Å². The summed E-state index contributed by atoms with van der Waals surface area (Å²) in [6.45, 7) is 2.81. The molecule has 0 saturated carbocycles. The number of hydrogen-bond donors (Lipinski definition) is 0. The molecule has 0 radical (unpaired) electrons. The standard InChI is InChI=1S/C17H15BrN2O2S/c1-3-20-14-9-6-12(18)10-15(14)23-17(20)19-16(21)11-4-7-13(22-2)8-5-11/h4-10H,3H2,1-2H3. The molecule has 0 atom stereocenters. The summed E-state index contributed by atoms with van der Waals surface area (Å²) in [6, 6.07) is 13.1. The SMILES string of the molecule is CCn1c(=NC(=O)c2ccc(OC)cc2)sc2cc(Br)ccc21. The molecule has 1 aromatic heterocycles. The maximum absolute atomic E-state index is 12.4. The van der Waals surface area contributed by atoms with E-state index in [0.717, 1.165) is 27.0 Å². The van der Waals surface area contributed by atoms with Crippen molar-refractivity contribution in [2.75, 3.05) is 7.11 Å². The third kappa shape index (κ3) is 3.23. The molecular weight excluding hydrogens is 376 g/mol. The molecule has 23 heavy (non-hydrogen) atoms. The maximum Gasteiger partial charge on any atom is 0.279 e. The lowest BCUT2D eigenvalue weighted by molar-refractivity contribution is 0.0998. The van der Waals surface area contributed by atoms with Gasteiger partial charge >= 0.3 is 0 Å². The smallest absolute Gasteiger partial charge is 0.279 e. The second-order valence-electron chi connectivity index (χ2n) is 4.89. The van der Waals surface area contributed by atoms with E-state index in [-0.39, 0.29) is 5.91 Å². The first-order chi connectivity index (χ1) is 11.1. The van der Waals surface area contributed by atoms with Crippen LogP contribution in [0.1, 0.15) is 17.3 Å². The Morgan fingerprint density at radius 3 is 2.65 bits per heavy atom. The van der Waals surface area contributed by atoms with Gasteiger partial charge in [0.05, 0.1) is 17.3 Å². The number of benzene rings is 2. The summed E-state index contributed by atoms with van der Waals surface area (Å²) < 4.78 is 9.27. The van der Waals surface area contributed by atoms with Crippen LogP contribution in [0.2, 0.25) is 0 Å². The zero-order chi connectivity index (χ0) is 16.4. The normalized spacial score (nSPS) is 11.9. The molecule has 0 aliphatic rings. The molecule has 3 aromatic rings. The van der Waals surface area contributed by atoms with Gasteiger partial charge in [-0.3, -0.25) is 4.79 Å². The first-order valence-corrected chi connectivity index (χ1v) is 8.75. The highest BCUT2D eigenvalue weighted by molar-refractivity contribution is 9.10. The van der Waals surface area contributed by atoms with Gasteiger partial charge in [0.15, 0.2) is 4.80 Å². The molecule has 0 bridgehead atoms. The fraction of sp³-hybridized carbons (Fsp3) is 0.176. The second-order valence-corrected chi connectivity index (χ2v) is 6.81. The van der Waals surface area contributed by atoms with E-state index in [0.29, 0.717) is 10.4 Å². The molecule has 0 aliphatic carbocycles. The largest absolute Gasteiger partial charge is 0.497 e. The van der Waals surface area contributed by atoms with Gasteiger partial charge in [0.1, 0.15) is 5.75 Å². The van der Waals surface area contributed by atoms with E-state index in [2.05, 4.69) is 20.9 Å². The van der Waals surface area contributed by atoms with Crippen LogP contribution in [-0.4, -0.2) is 17.6 Å². The number of rotatable bonds is 3. The minimum atomic E-state index is -0.250. The van der Waals surface area contributed by atoms with Crippen LogP contribution >= 0.6 is 27.3 Å². The van der Waals surface area contributed by atoms with E-state index in [1.165, 1.54) is 11.3 Å². The number of aromatic nitrogens is 1. The molecule has 1 amide bonds. The van der Waals surface area contributed by atoms with E-state index in [1.54, 1.807) is 31.4 Å². The molecular formula is C17H15BrN2O2S. The molecule has 0 N–H and O–H groups in total. The quantitative estimate of drug-likeness (QED) is 0.671. The molecule has 0 spiro atoms. The number of hydrogen-bond acceptors (Lipinski definition) is 3. The Labute approximate surface area is 146 Å². The number of amides is 1. The van der Waals surface area contributed by atoms with Crippen LogP contribution in [0, 0.1) is 0 Å². The van der Waals surface area contributed by atoms with Gasteiger partial charge in [0.25, 0.3) is 5.91 Å². The lowest BCUT2D eigenvalue weighted by Gasteiger charge is -2.01. The molecule has 2 aromatic carbocycles. The number of halogens is 1. The van der Waals surface area contributed by atoms with Crippen molar-refractivity contribution in [1.82, 2.24) is 4.57 Å². The van der Waals surface area contributed by atoms with Crippen molar-refractivity contribution in [1.29, 1.82) is 0 Å². The number of methoxy groups -OCH3 is 1. The summed E-state index contributed by atoms with van der Waals surface area (Å²) in [7, 11) is 1.60. The number of ether oxygens (including phenoxy) is 1. The number of aryl methyl sites for hydroxylation is 1. The van der Waals surface area contributed by atoms with Gasteiger partial charge < -0.3 is 9.30 Å². The molecule has 0 saturated heterocycles. The highest BCUT2D eigenvalue weighted by Gasteiger charge is 2.09. The number of carbonyl (C=O) groups excluding carboxylic acids is 1.